The minimum absolute atomic E-state index is 0.125. The van der Waals surface area contributed by atoms with E-state index in [1.54, 1.807) is 4.90 Å². The van der Waals surface area contributed by atoms with Gasteiger partial charge in [-0.25, -0.2) is 4.79 Å². The number of aliphatic hydroxyl groups is 1. The number of nitrogens with zero attached hydrogens (tertiary/aromatic N) is 2. The van der Waals surface area contributed by atoms with Gasteiger partial charge in [-0.05, 0) is 34.2 Å². The Labute approximate surface area is 115 Å². The number of nitrogens with two attached hydrogens (primary N) is 1. The third-order valence-electron chi connectivity index (χ3n) is 3.25. The van der Waals surface area contributed by atoms with Crippen LogP contribution in [0.3, 0.4) is 0 Å². The minimum atomic E-state index is -0.522. The lowest BCUT2D eigenvalue weighted by Crippen LogP contribution is -2.55. The highest BCUT2D eigenvalue weighted by atomic mass is 16.6. The summed E-state index contributed by atoms with van der Waals surface area (Å²) in [7, 11) is 2.00. The van der Waals surface area contributed by atoms with Crippen molar-refractivity contribution in [1.29, 1.82) is 0 Å². The average Bonchev–Trinajstić information content (AvgIpc) is 2.29. The van der Waals surface area contributed by atoms with Gasteiger partial charge in [-0.1, -0.05) is 0 Å². The largest absolute Gasteiger partial charge is 0.444 e. The Bertz CT molecular complexity index is 304. The van der Waals surface area contributed by atoms with E-state index in [9.17, 15) is 9.90 Å². The number of ether oxygens (including phenoxy) is 1. The van der Waals surface area contributed by atoms with Crippen LogP contribution in [0.15, 0.2) is 0 Å². The van der Waals surface area contributed by atoms with Crippen LogP contribution in [0, 0.1) is 0 Å². The predicted octanol–water partition coefficient (Wildman–Crippen LogP) is 0.247. The van der Waals surface area contributed by atoms with Crippen LogP contribution in [0.2, 0.25) is 0 Å². The second-order valence-electron chi connectivity index (χ2n) is 6.19. The molecule has 112 valence electrons. The van der Waals surface area contributed by atoms with Gasteiger partial charge < -0.3 is 20.5 Å². The van der Waals surface area contributed by atoms with Crippen molar-refractivity contribution in [2.24, 2.45) is 5.73 Å². The van der Waals surface area contributed by atoms with Gasteiger partial charge in [0, 0.05) is 32.2 Å². The van der Waals surface area contributed by atoms with Gasteiger partial charge in [-0.15, -0.1) is 0 Å². The Morgan fingerprint density at radius 1 is 1.47 bits per heavy atom. The molecule has 1 amide bonds. The van der Waals surface area contributed by atoms with E-state index in [0.29, 0.717) is 19.5 Å². The summed E-state index contributed by atoms with van der Waals surface area (Å²) in [4.78, 5) is 15.9. The van der Waals surface area contributed by atoms with Gasteiger partial charge in [0.25, 0.3) is 0 Å². The lowest BCUT2D eigenvalue weighted by atomic mass is 10.1. The van der Waals surface area contributed by atoms with Crippen molar-refractivity contribution < 1.29 is 14.6 Å². The van der Waals surface area contributed by atoms with Crippen molar-refractivity contribution >= 4 is 6.09 Å². The highest BCUT2D eigenvalue weighted by Crippen LogP contribution is 2.16. The number of aliphatic hydroxyl groups excluding tert-OH is 1. The van der Waals surface area contributed by atoms with E-state index in [0.717, 1.165) is 6.54 Å². The normalized spacial score (nSPS) is 23.3. The summed E-state index contributed by atoms with van der Waals surface area (Å²) in [6.07, 6.45) is -0.231. The fraction of sp³-hybridized carbons (Fsp3) is 0.923. The van der Waals surface area contributed by atoms with E-state index in [1.165, 1.54) is 0 Å². The quantitative estimate of drug-likeness (QED) is 0.770. The van der Waals surface area contributed by atoms with E-state index < -0.39 is 11.7 Å². The maximum atomic E-state index is 12.0. The lowest BCUT2D eigenvalue weighted by Gasteiger charge is -2.40. The zero-order valence-corrected chi connectivity index (χ0v) is 12.4. The number of carbonyl (C=O) groups is 1. The third kappa shape index (κ3) is 5.34. The smallest absolute Gasteiger partial charge is 0.410 e. The Balaban J connectivity index is 2.56. The molecule has 0 saturated carbocycles. The minimum Gasteiger partial charge on any atom is -0.444 e. The van der Waals surface area contributed by atoms with Crippen LogP contribution in [0.1, 0.15) is 27.2 Å². The number of hydrogen-bond donors (Lipinski definition) is 2. The second-order valence-corrected chi connectivity index (χ2v) is 6.19. The zero-order chi connectivity index (χ0) is 14.6. The maximum absolute atomic E-state index is 12.0. The van der Waals surface area contributed by atoms with Gasteiger partial charge in [0.1, 0.15) is 5.60 Å². The molecule has 0 aliphatic carbocycles. The monoisotopic (exact) mass is 273 g/mol. The first-order valence-electron chi connectivity index (χ1n) is 6.79. The number of rotatable bonds is 3. The van der Waals surface area contributed by atoms with Crippen LogP contribution >= 0.6 is 0 Å². The topological polar surface area (TPSA) is 79.0 Å². The lowest BCUT2D eigenvalue weighted by molar-refractivity contribution is 0.00145. The van der Waals surface area contributed by atoms with Crippen LogP contribution in [0.25, 0.3) is 0 Å². The molecule has 6 heteroatoms. The summed E-state index contributed by atoms with van der Waals surface area (Å²) in [5, 5.41) is 9.65. The Morgan fingerprint density at radius 3 is 2.63 bits per heavy atom. The third-order valence-corrected chi connectivity index (χ3v) is 3.25. The molecule has 0 aromatic heterocycles. The number of likely N-dealkylation sites (N-methyl/N-ethyl adjacent to an activating group) is 1. The summed E-state index contributed by atoms with van der Waals surface area (Å²) in [6.45, 7) is 7.82. The van der Waals surface area contributed by atoms with Crippen molar-refractivity contribution in [1.82, 2.24) is 9.80 Å². The van der Waals surface area contributed by atoms with Crippen LogP contribution in [0.5, 0.6) is 0 Å². The number of piperazine rings is 1. The summed E-state index contributed by atoms with van der Waals surface area (Å²) < 4.78 is 5.37. The molecule has 0 aromatic carbocycles. The van der Waals surface area contributed by atoms with E-state index >= 15 is 0 Å². The van der Waals surface area contributed by atoms with Crippen LogP contribution < -0.4 is 5.73 Å². The van der Waals surface area contributed by atoms with Gasteiger partial charge >= 0.3 is 6.09 Å². The maximum Gasteiger partial charge on any atom is 0.410 e. The zero-order valence-electron chi connectivity index (χ0n) is 12.4. The molecule has 1 fully saturated rings. The van der Waals surface area contributed by atoms with Crippen molar-refractivity contribution in [3.05, 3.63) is 0 Å². The van der Waals surface area contributed by atoms with Gasteiger partial charge in [-0.2, -0.15) is 0 Å². The Kier molecular flexibility index (Phi) is 5.58. The molecule has 2 unspecified atom stereocenters. The summed E-state index contributed by atoms with van der Waals surface area (Å²) in [5.74, 6) is 0. The molecule has 2 atom stereocenters. The van der Waals surface area contributed by atoms with E-state index in [1.807, 2.05) is 27.8 Å². The molecule has 0 radical (unpaired) electrons. The van der Waals surface area contributed by atoms with Crippen LogP contribution in [0.4, 0.5) is 4.79 Å². The molecule has 19 heavy (non-hydrogen) atoms. The fourth-order valence-corrected chi connectivity index (χ4v) is 2.10. The molecule has 1 saturated heterocycles. The van der Waals surface area contributed by atoms with Gasteiger partial charge in [-0.3, -0.25) is 4.90 Å². The molecule has 1 rings (SSSR count). The first-order valence-corrected chi connectivity index (χ1v) is 6.79. The molecular formula is C13H27N3O3. The molecular weight excluding hydrogens is 246 g/mol. The molecule has 0 bridgehead atoms. The van der Waals surface area contributed by atoms with Crippen molar-refractivity contribution in [2.45, 2.75) is 44.9 Å². The van der Waals surface area contributed by atoms with Crippen molar-refractivity contribution in [3.8, 4) is 0 Å². The van der Waals surface area contributed by atoms with Crippen molar-refractivity contribution in [2.75, 3.05) is 33.2 Å². The Hall–Kier alpha value is -0.850. The number of carbonyl (C=O) groups excluding carboxylic acids is 1. The summed E-state index contributed by atoms with van der Waals surface area (Å²) in [5.41, 5.74) is 4.96. The molecule has 0 spiro atoms. The van der Waals surface area contributed by atoms with Crippen LogP contribution in [-0.2, 0) is 4.74 Å². The molecule has 1 aliphatic rings. The second kappa shape index (κ2) is 6.54. The summed E-state index contributed by atoms with van der Waals surface area (Å²) in [6, 6.07) is 0.125. The Morgan fingerprint density at radius 2 is 2.11 bits per heavy atom. The number of amides is 1. The highest BCUT2D eigenvalue weighted by Gasteiger charge is 2.31. The van der Waals surface area contributed by atoms with Gasteiger partial charge in [0.05, 0.1) is 6.10 Å². The van der Waals surface area contributed by atoms with E-state index in [2.05, 4.69) is 4.90 Å². The molecule has 3 N–H and O–H groups in total. The number of hydrogen-bond acceptors (Lipinski definition) is 5. The first kappa shape index (κ1) is 16.2. The van der Waals surface area contributed by atoms with Gasteiger partial charge in [0.15, 0.2) is 0 Å². The molecule has 6 nitrogen and oxygen atoms in total. The standard InChI is InChI=1S/C13H27N3O3/c1-13(2,3)19-12(18)16-6-5-15(4)10(9-16)7-11(17)8-14/h10-11,17H,5-9,14H2,1-4H3. The summed E-state index contributed by atoms with van der Waals surface area (Å²) >= 11 is 0. The average molecular weight is 273 g/mol. The van der Waals surface area contributed by atoms with Crippen LogP contribution in [-0.4, -0.2) is 72.0 Å². The SMILES string of the molecule is CN1CCN(C(=O)OC(C)(C)C)CC1CC(O)CN. The molecule has 1 heterocycles. The highest BCUT2D eigenvalue weighted by molar-refractivity contribution is 5.68. The molecule has 1 aliphatic heterocycles. The molecule has 0 aromatic rings. The van der Waals surface area contributed by atoms with Gasteiger partial charge in [0.2, 0.25) is 0 Å². The predicted molar refractivity (Wildman–Crippen MR) is 73.9 cm³/mol. The van der Waals surface area contributed by atoms with E-state index in [4.69, 9.17) is 10.5 Å². The fourth-order valence-electron chi connectivity index (χ4n) is 2.10. The van der Waals surface area contributed by atoms with Crippen molar-refractivity contribution in [3.63, 3.8) is 0 Å². The van der Waals surface area contributed by atoms with E-state index in [-0.39, 0.29) is 18.7 Å². The first-order chi connectivity index (χ1) is 8.73.